The molecule has 4 fully saturated rings. The number of carbonyl (C=O) groups is 5. The van der Waals surface area contributed by atoms with Crippen LogP contribution in [-0.2, 0) is 33.4 Å². The van der Waals surface area contributed by atoms with Gasteiger partial charge in [0.1, 0.15) is 11.9 Å². The van der Waals surface area contributed by atoms with Crippen molar-refractivity contribution in [2.24, 2.45) is 39.4 Å². The Bertz CT molecular complexity index is 1060. The number of methoxy groups -OCH3 is 1. The number of hydrogen-bond acceptors (Lipinski definition) is 8. The van der Waals surface area contributed by atoms with Crippen LogP contribution in [0.25, 0.3) is 0 Å². The van der Waals surface area contributed by atoms with Gasteiger partial charge in [0.2, 0.25) is 0 Å². The van der Waals surface area contributed by atoms with Crippen LogP contribution < -0.4 is 0 Å². The summed E-state index contributed by atoms with van der Waals surface area (Å²) in [5, 5.41) is 11.5. The molecule has 4 aliphatic rings. The molecule has 0 aromatic heterocycles. The van der Waals surface area contributed by atoms with E-state index in [1.54, 1.807) is 27.7 Å². The molecule has 0 amide bonds. The lowest BCUT2D eigenvalue weighted by molar-refractivity contribution is -0.237. The second kappa shape index (κ2) is 6.86. The third kappa shape index (κ3) is 2.50. The Labute approximate surface area is 199 Å². The number of cyclic esters (lactones) is 1. The van der Waals surface area contributed by atoms with Gasteiger partial charge < -0.3 is 14.6 Å². The average molecular weight is 475 g/mol. The smallest absolute Gasteiger partial charge is 0.358 e. The van der Waals surface area contributed by atoms with Crippen LogP contribution in [0.3, 0.4) is 0 Å². The summed E-state index contributed by atoms with van der Waals surface area (Å²) >= 11 is 0. The molecule has 3 aliphatic carbocycles. The number of rotatable bonds is 1. The Morgan fingerprint density at radius 2 is 1.65 bits per heavy atom. The van der Waals surface area contributed by atoms with Crippen molar-refractivity contribution in [1.82, 2.24) is 0 Å². The first-order valence-corrected chi connectivity index (χ1v) is 11.8. The van der Waals surface area contributed by atoms with Crippen LogP contribution in [0.5, 0.6) is 0 Å². The van der Waals surface area contributed by atoms with Gasteiger partial charge in [-0.3, -0.25) is 19.2 Å². The molecule has 8 heteroatoms. The summed E-state index contributed by atoms with van der Waals surface area (Å²) in [4.78, 5) is 66.5. The molecule has 34 heavy (non-hydrogen) atoms. The third-order valence-electron chi connectivity index (χ3n) is 10.1. The van der Waals surface area contributed by atoms with Crippen LogP contribution in [-0.4, -0.2) is 53.2 Å². The maximum atomic E-state index is 13.8. The fourth-order valence-electron chi connectivity index (χ4n) is 8.27. The summed E-state index contributed by atoms with van der Waals surface area (Å²) in [5.74, 6) is -5.41. The molecule has 1 N–H and O–H groups in total. The normalized spacial score (nSPS) is 47.8. The van der Waals surface area contributed by atoms with E-state index >= 15 is 0 Å². The molecule has 8 atom stereocenters. The molecule has 0 aromatic carbocycles. The number of ether oxygens (including phenoxy) is 2. The number of Topliss-reactive ketones (excluding diaryl/α,β-unsaturated/α-hetero) is 3. The Kier molecular flexibility index (Phi) is 5.00. The van der Waals surface area contributed by atoms with Crippen LogP contribution >= 0.6 is 0 Å². The number of esters is 2. The predicted octanol–water partition coefficient (Wildman–Crippen LogP) is 2.20. The van der Waals surface area contributed by atoms with Gasteiger partial charge in [-0.25, -0.2) is 4.79 Å². The first kappa shape index (κ1) is 24.8. The quantitative estimate of drug-likeness (QED) is 0.348. The Hall–Kier alpha value is -2.35. The highest BCUT2D eigenvalue weighted by atomic mass is 16.6. The highest BCUT2D eigenvalue weighted by molar-refractivity contribution is 6.15. The van der Waals surface area contributed by atoms with Crippen LogP contribution in [0, 0.1) is 39.4 Å². The SMILES string of the molecule is C=C1C[C@@H]2[C@@]3(C)CCC(=O)C(C)(C)[C@H]3C(=O)[C@H](O)[C@@]2(C)[C@@H]2C(=O)O[C@@](C)(C(=O)OC)C(=O)[C@]12C. The van der Waals surface area contributed by atoms with Gasteiger partial charge in [0, 0.05) is 23.2 Å². The summed E-state index contributed by atoms with van der Waals surface area (Å²) in [6.07, 6.45) is -0.616. The second-order valence-corrected chi connectivity index (χ2v) is 12.0. The summed E-state index contributed by atoms with van der Waals surface area (Å²) in [7, 11) is 1.10. The highest BCUT2D eigenvalue weighted by Gasteiger charge is 2.77. The van der Waals surface area contributed by atoms with Crippen LogP contribution in [0.15, 0.2) is 12.2 Å². The first-order valence-electron chi connectivity index (χ1n) is 11.8. The van der Waals surface area contributed by atoms with Crippen molar-refractivity contribution in [2.45, 2.75) is 72.5 Å². The maximum absolute atomic E-state index is 13.8. The molecule has 3 saturated carbocycles. The van der Waals surface area contributed by atoms with Crippen LogP contribution in [0.1, 0.15) is 60.8 Å². The molecule has 0 bridgehead atoms. The minimum absolute atomic E-state index is 0.0281. The minimum Gasteiger partial charge on any atom is -0.466 e. The summed E-state index contributed by atoms with van der Waals surface area (Å²) in [5.41, 5.74) is -6.29. The topological polar surface area (TPSA) is 124 Å². The van der Waals surface area contributed by atoms with Gasteiger partial charge >= 0.3 is 11.9 Å². The summed E-state index contributed by atoms with van der Waals surface area (Å²) in [6, 6.07) is 0. The average Bonchev–Trinajstić information content (AvgIpc) is 2.75. The van der Waals surface area contributed by atoms with Crippen molar-refractivity contribution >= 4 is 29.3 Å². The summed E-state index contributed by atoms with van der Waals surface area (Å²) < 4.78 is 10.2. The van der Waals surface area contributed by atoms with E-state index in [0.717, 1.165) is 7.11 Å². The van der Waals surface area contributed by atoms with Gasteiger partial charge in [-0.2, -0.15) is 0 Å². The van der Waals surface area contributed by atoms with Crippen molar-refractivity contribution in [3.8, 4) is 0 Å². The Morgan fingerprint density at radius 3 is 2.21 bits per heavy atom. The minimum atomic E-state index is -2.15. The molecule has 0 unspecified atom stereocenters. The molecule has 0 radical (unpaired) electrons. The standard InChI is InChI=1S/C26H34O8/c1-12-11-13-23(4)10-9-14(27)22(2,3)16(23)15(28)18(29)25(13,6)17-19(30)34-26(7,21(32)33-8)20(31)24(12,17)5/h13,16-18,29H,1,9-11H2,2-8H3/t13-,16-,17-,18+,23-,24-,25-,26-/m1/s1. The lowest BCUT2D eigenvalue weighted by Gasteiger charge is -2.68. The van der Waals surface area contributed by atoms with Crippen molar-refractivity contribution in [3.05, 3.63) is 12.2 Å². The van der Waals surface area contributed by atoms with E-state index in [1.165, 1.54) is 6.92 Å². The molecule has 1 heterocycles. The largest absolute Gasteiger partial charge is 0.466 e. The zero-order valence-electron chi connectivity index (χ0n) is 20.9. The second-order valence-electron chi connectivity index (χ2n) is 12.0. The van der Waals surface area contributed by atoms with E-state index < -0.39 is 74.6 Å². The fraction of sp³-hybridized carbons (Fsp3) is 0.731. The van der Waals surface area contributed by atoms with Crippen molar-refractivity contribution in [3.63, 3.8) is 0 Å². The van der Waals surface area contributed by atoms with Crippen LogP contribution in [0.2, 0.25) is 0 Å². The zero-order valence-corrected chi connectivity index (χ0v) is 20.9. The van der Waals surface area contributed by atoms with Crippen LogP contribution in [0.4, 0.5) is 0 Å². The fourth-order valence-corrected chi connectivity index (χ4v) is 8.27. The maximum Gasteiger partial charge on any atom is 0.358 e. The molecule has 186 valence electrons. The number of carbonyl (C=O) groups excluding carboxylic acids is 5. The molecule has 4 rings (SSSR count). The van der Waals surface area contributed by atoms with E-state index in [0.29, 0.717) is 12.0 Å². The lowest BCUT2D eigenvalue weighted by atomic mass is 9.34. The number of allylic oxidation sites excluding steroid dienone is 1. The van der Waals surface area contributed by atoms with Gasteiger partial charge in [0.15, 0.2) is 11.6 Å². The van der Waals surface area contributed by atoms with Crippen molar-refractivity contribution in [2.75, 3.05) is 7.11 Å². The van der Waals surface area contributed by atoms with Gasteiger partial charge in [0.05, 0.1) is 18.4 Å². The highest BCUT2D eigenvalue weighted by Crippen LogP contribution is 2.71. The van der Waals surface area contributed by atoms with E-state index in [4.69, 9.17) is 9.47 Å². The molecule has 0 aromatic rings. The first-order chi connectivity index (χ1) is 15.5. The Morgan fingerprint density at radius 1 is 1.06 bits per heavy atom. The molecule has 1 aliphatic heterocycles. The predicted molar refractivity (Wildman–Crippen MR) is 119 cm³/mol. The number of aliphatic hydroxyl groups is 1. The van der Waals surface area contributed by atoms with E-state index in [1.807, 2.05) is 6.92 Å². The Balaban J connectivity index is 1.93. The van der Waals surface area contributed by atoms with Gasteiger partial charge in [0.25, 0.3) is 5.60 Å². The molecular formula is C26H34O8. The molecular weight excluding hydrogens is 440 g/mol. The third-order valence-corrected chi connectivity index (χ3v) is 10.1. The zero-order chi connectivity index (χ0) is 25.8. The van der Waals surface area contributed by atoms with Gasteiger partial charge in [-0.05, 0) is 38.0 Å². The van der Waals surface area contributed by atoms with E-state index in [9.17, 15) is 29.1 Å². The molecule has 8 nitrogen and oxygen atoms in total. The number of fused-ring (bicyclic) bond motifs is 5. The van der Waals surface area contributed by atoms with Gasteiger partial charge in [-0.15, -0.1) is 0 Å². The number of aliphatic hydroxyl groups excluding tert-OH is 1. The summed E-state index contributed by atoms with van der Waals surface area (Å²) in [6.45, 7) is 14.0. The van der Waals surface area contributed by atoms with Crippen molar-refractivity contribution in [1.29, 1.82) is 0 Å². The number of ketones is 3. The van der Waals surface area contributed by atoms with E-state index in [-0.39, 0.29) is 18.6 Å². The van der Waals surface area contributed by atoms with Gasteiger partial charge in [-0.1, -0.05) is 39.8 Å². The molecule has 1 saturated heterocycles. The van der Waals surface area contributed by atoms with Crippen molar-refractivity contribution < 1.29 is 38.6 Å². The monoisotopic (exact) mass is 474 g/mol. The molecule has 0 spiro atoms. The van der Waals surface area contributed by atoms with E-state index in [2.05, 4.69) is 6.58 Å². The lowest BCUT2D eigenvalue weighted by Crippen LogP contribution is -2.75. The number of hydrogen-bond donors (Lipinski definition) is 1.